The third-order valence-electron chi connectivity index (χ3n) is 6.10. The van der Waals surface area contributed by atoms with Gasteiger partial charge < -0.3 is 5.32 Å². The summed E-state index contributed by atoms with van der Waals surface area (Å²) in [5.41, 5.74) is 2.66. The highest BCUT2D eigenvalue weighted by Gasteiger charge is 2.60. The van der Waals surface area contributed by atoms with Gasteiger partial charge in [0.25, 0.3) is 0 Å². The molecule has 0 unspecified atom stereocenters. The van der Waals surface area contributed by atoms with Crippen LogP contribution < -0.4 is 5.32 Å². The van der Waals surface area contributed by atoms with Crippen molar-refractivity contribution in [1.82, 2.24) is 4.90 Å². The van der Waals surface area contributed by atoms with Crippen LogP contribution in [-0.4, -0.2) is 29.2 Å². The Balaban J connectivity index is 1.48. The van der Waals surface area contributed by atoms with Crippen LogP contribution in [0.4, 0.5) is 5.69 Å². The van der Waals surface area contributed by atoms with Gasteiger partial charge in [-0.15, -0.1) is 0 Å². The Bertz CT molecular complexity index is 763. The molecule has 2 bridgehead atoms. The first-order valence-electron chi connectivity index (χ1n) is 8.78. The number of anilines is 1. The minimum absolute atomic E-state index is 0.138. The molecule has 1 heterocycles. The summed E-state index contributed by atoms with van der Waals surface area (Å²) in [5, 5.41) is 2.84. The fourth-order valence-electron chi connectivity index (χ4n) is 4.88. The van der Waals surface area contributed by atoms with E-state index < -0.39 is 0 Å². The van der Waals surface area contributed by atoms with Crippen molar-refractivity contribution in [2.24, 2.45) is 23.7 Å². The Morgan fingerprint density at radius 1 is 1.12 bits per heavy atom. The quantitative estimate of drug-likeness (QED) is 0.787. The summed E-state index contributed by atoms with van der Waals surface area (Å²) in [6.45, 7) is 3.68. The number of fused-ring (bicyclic) bond motifs is 5. The fourth-order valence-corrected chi connectivity index (χ4v) is 5.33. The maximum absolute atomic E-state index is 12.7. The zero-order chi connectivity index (χ0) is 17.9. The molecule has 0 radical (unpaired) electrons. The second-order valence-corrected chi connectivity index (χ2v) is 8.47. The Morgan fingerprint density at radius 2 is 1.72 bits per heavy atom. The number of likely N-dealkylation sites (tertiary alicyclic amines) is 1. The molecule has 5 nitrogen and oxygen atoms in total. The lowest BCUT2D eigenvalue weighted by Gasteiger charge is -2.19. The third kappa shape index (κ3) is 2.62. The summed E-state index contributed by atoms with van der Waals surface area (Å²) in [7, 11) is 0. The third-order valence-corrected chi connectivity index (χ3v) is 6.95. The van der Waals surface area contributed by atoms with Crippen LogP contribution in [0.1, 0.15) is 30.4 Å². The molecule has 1 saturated heterocycles. The highest BCUT2D eigenvalue weighted by molar-refractivity contribution is 9.10. The smallest absolute Gasteiger partial charge is 0.244 e. The summed E-state index contributed by atoms with van der Waals surface area (Å²) in [6.07, 6.45) is 3.09. The second-order valence-electron chi connectivity index (χ2n) is 7.61. The molecule has 0 spiro atoms. The van der Waals surface area contributed by atoms with E-state index in [0.717, 1.165) is 34.9 Å². The lowest BCUT2D eigenvalue weighted by molar-refractivity contribution is -0.143. The Labute approximate surface area is 155 Å². The molecule has 1 aromatic rings. The fraction of sp³-hybridized carbons (Fsp3) is 0.526. The lowest BCUT2D eigenvalue weighted by atomic mass is 9.81. The number of aryl methyl sites for hydroxylation is 2. The van der Waals surface area contributed by atoms with Gasteiger partial charge in [-0.1, -0.05) is 15.9 Å². The van der Waals surface area contributed by atoms with E-state index in [9.17, 15) is 14.4 Å². The standard InChI is InChI=1S/C19H21BrN2O3/c1-9-6-14(10(2)5-13(9)20)21-15(23)8-22-18(24)16-11-3-4-12(7-11)17(16)19(22)25/h5-6,11-12,16-17H,3-4,7-8H2,1-2H3,(H,21,23)/t11-,12-,16-,17-/m0/s1. The van der Waals surface area contributed by atoms with Gasteiger partial charge in [0, 0.05) is 10.2 Å². The number of hydrogen-bond donors (Lipinski definition) is 1. The normalized spacial score (nSPS) is 30.1. The zero-order valence-corrected chi connectivity index (χ0v) is 15.9. The molecule has 3 fully saturated rings. The van der Waals surface area contributed by atoms with E-state index in [-0.39, 0.29) is 36.1 Å². The van der Waals surface area contributed by atoms with E-state index in [1.54, 1.807) is 0 Å². The Morgan fingerprint density at radius 3 is 2.32 bits per heavy atom. The first-order chi connectivity index (χ1) is 11.9. The maximum atomic E-state index is 12.7. The Hall–Kier alpha value is -1.69. The maximum Gasteiger partial charge on any atom is 0.244 e. The van der Waals surface area contributed by atoms with Crippen LogP contribution in [0, 0.1) is 37.5 Å². The molecule has 3 amide bonds. The number of carbonyl (C=O) groups excluding carboxylic acids is 3. The average molecular weight is 405 g/mol. The van der Waals surface area contributed by atoms with Crippen LogP contribution in [-0.2, 0) is 14.4 Å². The summed E-state index contributed by atoms with van der Waals surface area (Å²) in [6, 6.07) is 3.83. The van der Waals surface area contributed by atoms with E-state index in [2.05, 4.69) is 21.2 Å². The number of rotatable bonds is 3. The SMILES string of the molecule is Cc1cc(NC(=O)CN2C(=O)[C@H]3[C@H]4CC[C@@H](C4)[C@@H]3C2=O)c(C)cc1Br. The number of nitrogens with one attached hydrogen (secondary N) is 1. The average Bonchev–Trinajstić information content (AvgIpc) is 3.22. The molecule has 6 heteroatoms. The monoisotopic (exact) mass is 404 g/mol. The lowest BCUT2D eigenvalue weighted by Crippen LogP contribution is -2.39. The molecular formula is C19H21BrN2O3. The molecule has 25 heavy (non-hydrogen) atoms. The molecule has 3 aliphatic rings. The van der Waals surface area contributed by atoms with Crippen molar-refractivity contribution < 1.29 is 14.4 Å². The van der Waals surface area contributed by atoms with E-state index in [4.69, 9.17) is 0 Å². The topological polar surface area (TPSA) is 66.5 Å². The van der Waals surface area contributed by atoms with Crippen molar-refractivity contribution in [3.63, 3.8) is 0 Å². The van der Waals surface area contributed by atoms with Crippen molar-refractivity contribution in [2.75, 3.05) is 11.9 Å². The number of benzene rings is 1. The Kier molecular flexibility index (Phi) is 3.98. The molecule has 0 aromatic heterocycles. The summed E-state index contributed by atoms with van der Waals surface area (Å²) >= 11 is 3.47. The van der Waals surface area contributed by atoms with E-state index in [1.807, 2.05) is 26.0 Å². The minimum atomic E-state index is -0.321. The molecule has 4 rings (SSSR count). The number of hydrogen-bond acceptors (Lipinski definition) is 3. The predicted octanol–water partition coefficient (Wildman–Crippen LogP) is 3.04. The van der Waals surface area contributed by atoms with E-state index in [0.29, 0.717) is 17.5 Å². The largest absolute Gasteiger partial charge is 0.324 e. The molecular weight excluding hydrogens is 384 g/mol. The van der Waals surface area contributed by atoms with Gasteiger partial charge in [-0.05, 0) is 68.2 Å². The number of carbonyl (C=O) groups is 3. The first kappa shape index (κ1) is 16.8. The van der Waals surface area contributed by atoms with Crippen LogP contribution in [0.3, 0.4) is 0 Å². The van der Waals surface area contributed by atoms with Crippen LogP contribution in [0.2, 0.25) is 0 Å². The van der Waals surface area contributed by atoms with Crippen LogP contribution in [0.25, 0.3) is 0 Å². The predicted molar refractivity (Wildman–Crippen MR) is 96.8 cm³/mol. The molecule has 1 aromatic carbocycles. The van der Waals surface area contributed by atoms with Gasteiger partial charge in [-0.2, -0.15) is 0 Å². The van der Waals surface area contributed by atoms with Crippen molar-refractivity contribution in [3.8, 4) is 0 Å². The number of halogens is 1. The number of nitrogens with zero attached hydrogens (tertiary/aromatic N) is 1. The zero-order valence-electron chi connectivity index (χ0n) is 14.3. The van der Waals surface area contributed by atoms with Gasteiger partial charge in [0.05, 0.1) is 11.8 Å². The van der Waals surface area contributed by atoms with E-state index >= 15 is 0 Å². The van der Waals surface area contributed by atoms with Crippen molar-refractivity contribution in [3.05, 3.63) is 27.7 Å². The van der Waals surface area contributed by atoms with Gasteiger partial charge >= 0.3 is 0 Å². The number of imide groups is 1. The van der Waals surface area contributed by atoms with Crippen LogP contribution >= 0.6 is 15.9 Å². The highest BCUT2D eigenvalue weighted by Crippen LogP contribution is 2.56. The molecule has 132 valence electrons. The van der Waals surface area contributed by atoms with Gasteiger partial charge in [0.2, 0.25) is 17.7 Å². The first-order valence-corrected chi connectivity index (χ1v) is 9.58. The highest BCUT2D eigenvalue weighted by atomic mass is 79.9. The van der Waals surface area contributed by atoms with Gasteiger partial charge in [-0.3, -0.25) is 19.3 Å². The van der Waals surface area contributed by atoms with Gasteiger partial charge in [0.1, 0.15) is 6.54 Å². The van der Waals surface area contributed by atoms with E-state index in [1.165, 1.54) is 4.90 Å². The molecule has 1 aliphatic heterocycles. The van der Waals surface area contributed by atoms with Crippen molar-refractivity contribution >= 4 is 39.3 Å². The summed E-state index contributed by atoms with van der Waals surface area (Å²) < 4.78 is 0.983. The van der Waals surface area contributed by atoms with Crippen molar-refractivity contribution in [1.29, 1.82) is 0 Å². The summed E-state index contributed by atoms with van der Waals surface area (Å²) in [5.74, 6) is -0.251. The van der Waals surface area contributed by atoms with Crippen molar-refractivity contribution in [2.45, 2.75) is 33.1 Å². The molecule has 2 saturated carbocycles. The summed E-state index contributed by atoms with van der Waals surface area (Å²) in [4.78, 5) is 38.9. The van der Waals surface area contributed by atoms with Crippen LogP contribution in [0.5, 0.6) is 0 Å². The van der Waals surface area contributed by atoms with Crippen LogP contribution in [0.15, 0.2) is 16.6 Å². The molecule has 4 atom stereocenters. The van der Waals surface area contributed by atoms with Gasteiger partial charge in [0.15, 0.2) is 0 Å². The molecule has 1 N–H and O–H groups in total. The number of amides is 3. The van der Waals surface area contributed by atoms with Gasteiger partial charge in [-0.25, -0.2) is 0 Å². The second kappa shape index (κ2) is 5.94. The molecule has 2 aliphatic carbocycles. The minimum Gasteiger partial charge on any atom is -0.324 e.